The van der Waals surface area contributed by atoms with E-state index in [-0.39, 0.29) is 11.6 Å². The molecule has 1 heterocycles. The summed E-state index contributed by atoms with van der Waals surface area (Å²) in [4.78, 5) is 2.08. The lowest BCUT2D eigenvalue weighted by atomic mass is 10.2. The predicted octanol–water partition coefficient (Wildman–Crippen LogP) is 1.10. The summed E-state index contributed by atoms with van der Waals surface area (Å²) >= 11 is 0. The summed E-state index contributed by atoms with van der Waals surface area (Å²) < 4.78 is 24.1. The Morgan fingerprint density at radius 2 is 2.06 bits per heavy atom. The van der Waals surface area contributed by atoms with Gasteiger partial charge in [0, 0.05) is 47.5 Å². The average molecular weight is 243 g/mol. The molecule has 1 saturated heterocycles. The van der Waals surface area contributed by atoms with Crippen molar-refractivity contribution >= 4 is 10.8 Å². The van der Waals surface area contributed by atoms with Gasteiger partial charge >= 0.3 is 0 Å². The van der Waals surface area contributed by atoms with Crippen LogP contribution in [-0.2, 0) is 17.3 Å². The summed E-state index contributed by atoms with van der Waals surface area (Å²) in [5.74, 6) is 1.10. The van der Waals surface area contributed by atoms with Gasteiger partial charge in [-0.05, 0) is 18.2 Å². The fraction of sp³-hybridized carbons (Fsp3) is 0.455. The van der Waals surface area contributed by atoms with E-state index in [9.17, 15) is 13.7 Å². The van der Waals surface area contributed by atoms with E-state index >= 15 is 0 Å². The largest absolute Gasteiger partial charge is 0.508 e. The van der Waals surface area contributed by atoms with E-state index in [1.54, 1.807) is 0 Å². The lowest BCUT2D eigenvalue weighted by Gasteiger charge is -2.26. The number of hydrogen-bond acceptors (Lipinski definition) is 3. The Balaban J connectivity index is 2.03. The molecule has 0 amide bonds. The maximum Gasteiger partial charge on any atom is 0.123 e. The van der Waals surface area contributed by atoms with Crippen LogP contribution in [0.1, 0.15) is 5.56 Å². The maximum atomic E-state index is 13.0. The molecule has 1 aromatic rings. The van der Waals surface area contributed by atoms with Gasteiger partial charge in [0.2, 0.25) is 0 Å². The Labute approximate surface area is 96.3 Å². The van der Waals surface area contributed by atoms with Crippen molar-refractivity contribution in [2.24, 2.45) is 0 Å². The maximum absolute atomic E-state index is 13.0. The van der Waals surface area contributed by atoms with Crippen LogP contribution >= 0.6 is 0 Å². The summed E-state index contributed by atoms with van der Waals surface area (Å²) in [6, 6.07) is 3.96. The Kier molecular flexibility index (Phi) is 3.56. The van der Waals surface area contributed by atoms with Gasteiger partial charge in [-0.15, -0.1) is 0 Å². The zero-order chi connectivity index (χ0) is 11.5. The second-order valence-electron chi connectivity index (χ2n) is 3.90. The summed E-state index contributed by atoms with van der Waals surface area (Å²) in [7, 11) is -0.707. The zero-order valence-corrected chi connectivity index (χ0v) is 9.67. The molecule has 2 rings (SSSR count). The highest BCUT2D eigenvalue weighted by Gasteiger charge is 2.16. The number of aromatic hydroxyl groups is 1. The molecule has 0 bridgehead atoms. The summed E-state index contributed by atoms with van der Waals surface area (Å²) in [6.07, 6.45) is 0. The monoisotopic (exact) mass is 243 g/mol. The highest BCUT2D eigenvalue weighted by molar-refractivity contribution is 7.85. The first-order valence-corrected chi connectivity index (χ1v) is 6.68. The lowest BCUT2D eigenvalue weighted by Crippen LogP contribution is -2.37. The van der Waals surface area contributed by atoms with E-state index in [0.717, 1.165) is 13.1 Å². The van der Waals surface area contributed by atoms with Crippen molar-refractivity contribution in [2.75, 3.05) is 24.6 Å². The molecule has 0 atom stereocenters. The molecule has 0 saturated carbocycles. The van der Waals surface area contributed by atoms with Crippen LogP contribution in [0.2, 0.25) is 0 Å². The molecular weight excluding hydrogens is 229 g/mol. The van der Waals surface area contributed by atoms with Crippen molar-refractivity contribution < 1.29 is 13.7 Å². The van der Waals surface area contributed by atoms with E-state index in [0.29, 0.717) is 23.6 Å². The molecule has 1 fully saturated rings. The smallest absolute Gasteiger partial charge is 0.123 e. The molecule has 0 aliphatic carbocycles. The van der Waals surface area contributed by atoms with E-state index in [2.05, 4.69) is 4.90 Å². The van der Waals surface area contributed by atoms with Crippen LogP contribution in [0.3, 0.4) is 0 Å². The van der Waals surface area contributed by atoms with Gasteiger partial charge in [0.1, 0.15) is 11.6 Å². The number of nitrogens with zero attached hydrogens (tertiary/aromatic N) is 1. The van der Waals surface area contributed by atoms with Gasteiger partial charge < -0.3 is 5.11 Å². The van der Waals surface area contributed by atoms with Gasteiger partial charge in [-0.3, -0.25) is 9.11 Å². The fourth-order valence-corrected chi connectivity index (χ4v) is 2.88. The van der Waals surface area contributed by atoms with Crippen LogP contribution in [0.4, 0.5) is 4.39 Å². The minimum absolute atomic E-state index is 0.119. The van der Waals surface area contributed by atoms with Gasteiger partial charge in [-0.2, -0.15) is 0 Å². The molecule has 3 nitrogen and oxygen atoms in total. The quantitative estimate of drug-likeness (QED) is 0.845. The number of phenols is 1. The van der Waals surface area contributed by atoms with Crippen molar-refractivity contribution in [3.63, 3.8) is 0 Å². The molecule has 1 N–H and O–H groups in total. The third-order valence-corrected chi connectivity index (χ3v) is 3.98. The Hall–Kier alpha value is -0.940. The normalized spacial score (nSPS) is 18.8. The van der Waals surface area contributed by atoms with Crippen LogP contribution in [0, 0.1) is 5.82 Å². The van der Waals surface area contributed by atoms with Crippen LogP contribution in [0.25, 0.3) is 0 Å². The lowest BCUT2D eigenvalue weighted by molar-refractivity contribution is 0.286. The molecule has 1 aliphatic heterocycles. The standard InChI is InChI=1S/C11H14FNO2S/c12-10-1-2-11(14)9(7-10)8-13-3-5-16(15)6-4-13/h1-2,7,14H,3-6,8H2. The van der Waals surface area contributed by atoms with Gasteiger partial charge in [0.05, 0.1) is 0 Å². The topological polar surface area (TPSA) is 40.5 Å². The van der Waals surface area contributed by atoms with Gasteiger partial charge in [-0.25, -0.2) is 4.39 Å². The van der Waals surface area contributed by atoms with E-state index in [1.165, 1.54) is 18.2 Å². The van der Waals surface area contributed by atoms with E-state index < -0.39 is 10.8 Å². The third-order valence-electron chi connectivity index (χ3n) is 2.71. The van der Waals surface area contributed by atoms with Crippen molar-refractivity contribution in [3.05, 3.63) is 29.6 Å². The molecule has 1 aromatic carbocycles. The average Bonchev–Trinajstić information content (AvgIpc) is 2.27. The van der Waals surface area contributed by atoms with Gasteiger partial charge in [0.25, 0.3) is 0 Å². The third kappa shape index (κ3) is 2.80. The number of phenolic OH excluding ortho intramolecular Hbond substituents is 1. The Bertz CT molecular complexity index is 401. The SMILES string of the molecule is O=S1CCN(Cc2cc(F)ccc2O)CC1. The highest BCUT2D eigenvalue weighted by atomic mass is 32.2. The minimum Gasteiger partial charge on any atom is -0.508 e. The molecule has 16 heavy (non-hydrogen) atoms. The number of benzene rings is 1. The minimum atomic E-state index is -0.707. The summed E-state index contributed by atoms with van der Waals surface area (Å²) in [5.41, 5.74) is 0.590. The molecule has 88 valence electrons. The van der Waals surface area contributed by atoms with E-state index in [1.807, 2.05) is 0 Å². The van der Waals surface area contributed by atoms with Crippen LogP contribution in [0.5, 0.6) is 5.75 Å². The van der Waals surface area contributed by atoms with Crippen molar-refractivity contribution in [1.29, 1.82) is 0 Å². The van der Waals surface area contributed by atoms with Crippen molar-refractivity contribution in [2.45, 2.75) is 6.54 Å². The van der Waals surface area contributed by atoms with Crippen LogP contribution in [0.15, 0.2) is 18.2 Å². The van der Waals surface area contributed by atoms with Crippen molar-refractivity contribution in [1.82, 2.24) is 4.90 Å². The van der Waals surface area contributed by atoms with Gasteiger partial charge in [0.15, 0.2) is 0 Å². The second-order valence-corrected chi connectivity index (χ2v) is 5.59. The molecule has 0 spiro atoms. The molecule has 0 aromatic heterocycles. The Morgan fingerprint density at radius 1 is 1.38 bits per heavy atom. The number of halogens is 1. The summed E-state index contributed by atoms with van der Waals surface area (Å²) in [5, 5.41) is 9.56. The van der Waals surface area contributed by atoms with Crippen LogP contribution < -0.4 is 0 Å². The molecule has 0 radical (unpaired) electrons. The number of hydrogen-bond donors (Lipinski definition) is 1. The van der Waals surface area contributed by atoms with Crippen molar-refractivity contribution in [3.8, 4) is 5.75 Å². The molecule has 5 heteroatoms. The predicted molar refractivity (Wildman–Crippen MR) is 61.2 cm³/mol. The van der Waals surface area contributed by atoms with Gasteiger partial charge in [-0.1, -0.05) is 0 Å². The fourth-order valence-electron chi connectivity index (χ4n) is 1.76. The highest BCUT2D eigenvalue weighted by Crippen LogP contribution is 2.20. The first-order chi connectivity index (χ1) is 7.65. The summed E-state index contributed by atoms with van der Waals surface area (Å²) in [6.45, 7) is 1.99. The first kappa shape index (κ1) is 11.5. The van der Waals surface area contributed by atoms with E-state index in [4.69, 9.17) is 0 Å². The second kappa shape index (κ2) is 4.93. The Morgan fingerprint density at radius 3 is 2.75 bits per heavy atom. The zero-order valence-electron chi connectivity index (χ0n) is 8.86. The molecule has 0 unspecified atom stereocenters. The number of rotatable bonds is 2. The van der Waals surface area contributed by atoms with Crippen LogP contribution in [-0.4, -0.2) is 38.8 Å². The molecular formula is C11H14FNO2S. The molecule has 1 aliphatic rings. The first-order valence-electron chi connectivity index (χ1n) is 5.20.